The predicted octanol–water partition coefficient (Wildman–Crippen LogP) is 4.26. The molecule has 3 aromatic rings. The van der Waals surface area contributed by atoms with Gasteiger partial charge in [0.25, 0.3) is 5.91 Å². The molecule has 1 aromatic carbocycles. The third kappa shape index (κ3) is 3.69. The number of hydrogen-bond acceptors (Lipinski definition) is 7. The molecule has 3 N–H and O–H groups in total. The largest absolute Gasteiger partial charge is 0.451 e. The zero-order chi connectivity index (χ0) is 18.9. The number of thiazole rings is 1. The maximum Gasteiger partial charge on any atom is 0.417 e. The van der Waals surface area contributed by atoms with E-state index in [1.54, 1.807) is 0 Å². The van der Waals surface area contributed by atoms with Crippen LogP contribution in [0.5, 0.6) is 0 Å². The summed E-state index contributed by atoms with van der Waals surface area (Å²) in [5, 5.41) is 19.9. The lowest BCUT2D eigenvalue weighted by molar-refractivity contribution is -0.137. The monoisotopic (exact) mass is 385 g/mol. The van der Waals surface area contributed by atoms with Crippen LogP contribution in [0.2, 0.25) is 0 Å². The molecule has 136 valence electrons. The number of carbonyl (C=O) groups excluding carboxylic acids is 1. The van der Waals surface area contributed by atoms with E-state index in [4.69, 9.17) is 14.8 Å². The minimum atomic E-state index is -4.57. The molecule has 0 aliphatic heterocycles. The van der Waals surface area contributed by atoms with Crippen LogP contribution in [0.25, 0.3) is 11.3 Å². The summed E-state index contributed by atoms with van der Waals surface area (Å²) >= 11 is 0.765. The summed E-state index contributed by atoms with van der Waals surface area (Å²) in [6.07, 6.45) is -3.46. The molecule has 7 nitrogen and oxygen atoms in total. The highest BCUT2D eigenvalue weighted by atomic mass is 32.1. The Hall–Kier alpha value is -2.89. The van der Waals surface area contributed by atoms with Crippen LogP contribution in [0, 0.1) is 0 Å². The minimum Gasteiger partial charge on any atom is -0.451 e. The highest BCUT2D eigenvalue weighted by Gasteiger charge is 2.34. The Morgan fingerprint density at radius 3 is 2.58 bits per heavy atom. The van der Waals surface area contributed by atoms with Crippen LogP contribution in [-0.4, -0.2) is 21.3 Å². The second kappa shape index (κ2) is 6.78. The molecule has 0 unspecified atom stereocenters. The first kappa shape index (κ1) is 17.9. The highest BCUT2D eigenvalue weighted by Crippen LogP contribution is 2.37. The van der Waals surface area contributed by atoms with Gasteiger partial charge in [0.15, 0.2) is 15.9 Å². The second-order valence-corrected chi connectivity index (χ2v) is 5.96. The van der Waals surface area contributed by atoms with E-state index < -0.39 is 17.6 Å². The lowest BCUT2D eigenvalue weighted by Gasteiger charge is -2.10. The first-order valence-electron chi connectivity index (χ1n) is 6.97. The van der Waals surface area contributed by atoms with Crippen molar-refractivity contribution in [2.75, 3.05) is 10.5 Å². The van der Waals surface area contributed by atoms with Crippen molar-refractivity contribution in [1.82, 2.24) is 4.98 Å². The zero-order valence-corrected chi connectivity index (χ0v) is 13.5. The molecule has 11 heteroatoms. The Morgan fingerprint density at radius 1 is 1.19 bits per heavy atom. The van der Waals surface area contributed by atoms with Crippen LogP contribution in [0.1, 0.15) is 16.1 Å². The number of rotatable bonds is 4. The fraction of sp³-hybridized carbons (Fsp3) is 0.0667. The van der Waals surface area contributed by atoms with Crippen molar-refractivity contribution in [1.29, 1.82) is 0 Å². The van der Waals surface area contributed by atoms with Crippen molar-refractivity contribution in [3.63, 3.8) is 0 Å². The van der Waals surface area contributed by atoms with Crippen LogP contribution in [0.3, 0.4) is 0 Å². The Balaban J connectivity index is 1.83. The topological polar surface area (TPSA) is 98.8 Å². The average Bonchev–Trinajstić information content (AvgIpc) is 3.23. The Bertz CT molecular complexity index is 936. The number of aromatic nitrogens is 1. The van der Waals surface area contributed by atoms with Gasteiger partial charge in [-0.3, -0.25) is 20.5 Å². The standard InChI is InChI=1S/C15H10F3N3O4S/c16-15(17,18)9-4-2-1-3-8(9)10-5-6-11(25-10)13(22)20-14-19-7-12(26-14)21(23)24/h1-7,23-24H,(H,19,20,22). The smallest absolute Gasteiger partial charge is 0.417 e. The molecule has 0 aliphatic carbocycles. The van der Waals surface area contributed by atoms with Crippen molar-refractivity contribution in [2.45, 2.75) is 6.18 Å². The number of halogens is 3. The number of hydrogen-bond donors (Lipinski definition) is 3. The number of nitrogens with zero attached hydrogens (tertiary/aromatic N) is 2. The molecule has 3 rings (SSSR count). The summed E-state index contributed by atoms with van der Waals surface area (Å²) in [6, 6.07) is 7.35. The number of anilines is 2. The summed E-state index contributed by atoms with van der Waals surface area (Å²) in [5.41, 5.74) is -1.07. The summed E-state index contributed by atoms with van der Waals surface area (Å²) in [6.45, 7) is 0. The fourth-order valence-electron chi connectivity index (χ4n) is 2.12. The molecular weight excluding hydrogens is 375 g/mol. The van der Waals surface area contributed by atoms with Crippen LogP contribution >= 0.6 is 11.3 Å². The van der Waals surface area contributed by atoms with E-state index in [-0.39, 0.29) is 32.4 Å². The van der Waals surface area contributed by atoms with E-state index in [9.17, 15) is 18.0 Å². The number of amides is 1. The average molecular weight is 385 g/mol. The summed E-state index contributed by atoms with van der Waals surface area (Å²) < 4.78 is 44.5. The van der Waals surface area contributed by atoms with Gasteiger partial charge < -0.3 is 4.42 Å². The van der Waals surface area contributed by atoms with Gasteiger partial charge in [0.05, 0.1) is 11.8 Å². The second-order valence-electron chi connectivity index (χ2n) is 4.95. The number of furan rings is 1. The first-order chi connectivity index (χ1) is 12.3. The van der Waals surface area contributed by atoms with Crippen molar-refractivity contribution in [3.8, 4) is 11.3 Å². The lowest BCUT2D eigenvalue weighted by Crippen LogP contribution is -2.10. The van der Waals surface area contributed by atoms with Gasteiger partial charge in [-0.2, -0.15) is 13.2 Å². The van der Waals surface area contributed by atoms with E-state index in [1.165, 1.54) is 30.3 Å². The number of alkyl halides is 3. The molecule has 1 amide bonds. The van der Waals surface area contributed by atoms with Gasteiger partial charge in [-0.25, -0.2) is 4.98 Å². The highest BCUT2D eigenvalue weighted by molar-refractivity contribution is 7.19. The lowest BCUT2D eigenvalue weighted by atomic mass is 10.1. The molecule has 0 atom stereocenters. The SMILES string of the molecule is O=C(Nc1ncc(N(O)O)s1)c1ccc(-c2ccccc2C(F)(F)F)o1. The van der Waals surface area contributed by atoms with E-state index in [0.717, 1.165) is 23.6 Å². The molecule has 2 aromatic heterocycles. The molecule has 0 spiro atoms. The minimum absolute atomic E-state index is 0.0421. The third-order valence-electron chi connectivity index (χ3n) is 3.24. The normalized spacial score (nSPS) is 11.4. The molecule has 0 bridgehead atoms. The molecule has 0 aliphatic rings. The zero-order valence-electron chi connectivity index (χ0n) is 12.7. The van der Waals surface area contributed by atoms with E-state index in [1.807, 2.05) is 0 Å². The van der Waals surface area contributed by atoms with Gasteiger partial charge in [-0.05, 0) is 18.2 Å². The Morgan fingerprint density at radius 2 is 1.92 bits per heavy atom. The third-order valence-corrected chi connectivity index (χ3v) is 4.12. The molecule has 0 radical (unpaired) electrons. The Kier molecular flexibility index (Phi) is 4.68. The molecule has 0 saturated carbocycles. The molecule has 2 heterocycles. The van der Waals surface area contributed by atoms with Gasteiger partial charge in [0, 0.05) is 5.56 Å². The van der Waals surface area contributed by atoms with Gasteiger partial charge >= 0.3 is 6.18 Å². The van der Waals surface area contributed by atoms with E-state index >= 15 is 0 Å². The van der Waals surface area contributed by atoms with Crippen LogP contribution in [0.15, 0.2) is 47.0 Å². The predicted molar refractivity (Wildman–Crippen MR) is 85.3 cm³/mol. The van der Waals surface area contributed by atoms with Gasteiger partial charge in [0.1, 0.15) is 5.76 Å². The van der Waals surface area contributed by atoms with Crippen molar-refractivity contribution >= 4 is 27.4 Å². The molecule has 0 fully saturated rings. The quantitative estimate of drug-likeness (QED) is 0.581. The Labute approximate surface area is 147 Å². The maximum absolute atomic E-state index is 13.1. The molecule has 26 heavy (non-hydrogen) atoms. The van der Waals surface area contributed by atoms with Crippen molar-refractivity contribution < 1.29 is 32.8 Å². The number of carbonyl (C=O) groups is 1. The van der Waals surface area contributed by atoms with Gasteiger partial charge in [-0.15, -0.1) is 5.23 Å². The maximum atomic E-state index is 13.1. The summed E-state index contributed by atoms with van der Waals surface area (Å²) in [4.78, 5) is 15.9. The summed E-state index contributed by atoms with van der Waals surface area (Å²) in [7, 11) is 0. The van der Waals surface area contributed by atoms with E-state index in [0.29, 0.717) is 0 Å². The van der Waals surface area contributed by atoms with Crippen molar-refractivity contribution in [3.05, 3.63) is 53.9 Å². The molecule has 0 saturated heterocycles. The van der Waals surface area contributed by atoms with Crippen LogP contribution < -0.4 is 10.5 Å². The number of benzene rings is 1. The van der Waals surface area contributed by atoms with Crippen LogP contribution in [-0.2, 0) is 6.18 Å². The number of nitrogens with one attached hydrogen (secondary N) is 1. The van der Waals surface area contributed by atoms with Crippen LogP contribution in [0.4, 0.5) is 23.3 Å². The summed E-state index contributed by atoms with van der Waals surface area (Å²) in [5.74, 6) is -1.08. The molecular formula is C15H10F3N3O4S. The van der Waals surface area contributed by atoms with Gasteiger partial charge in [0.2, 0.25) is 0 Å². The fourth-order valence-corrected chi connectivity index (χ4v) is 2.76. The van der Waals surface area contributed by atoms with Crippen molar-refractivity contribution in [2.24, 2.45) is 0 Å². The van der Waals surface area contributed by atoms with E-state index in [2.05, 4.69) is 10.3 Å². The first-order valence-corrected chi connectivity index (χ1v) is 7.79. The van der Waals surface area contributed by atoms with Gasteiger partial charge in [-0.1, -0.05) is 29.5 Å².